The van der Waals surface area contributed by atoms with Gasteiger partial charge in [-0.2, -0.15) is 0 Å². The third-order valence-electron chi connectivity index (χ3n) is 5.21. The molecule has 1 saturated heterocycles. The molecule has 1 fully saturated rings. The van der Waals surface area contributed by atoms with E-state index in [9.17, 15) is 14.7 Å². The van der Waals surface area contributed by atoms with Crippen molar-refractivity contribution in [3.05, 3.63) is 70.6 Å². The summed E-state index contributed by atoms with van der Waals surface area (Å²) < 4.78 is 0.586. The second-order valence-corrected chi connectivity index (χ2v) is 9.33. The van der Waals surface area contributed by atoms with Gasteiger partial charge in [-0.1, -0.05) is 78.4 Å². The van der Waals surface area contributed by atoms with E-state index in [1.165, 1.54) is 17.3 Å². The van der Waals surface area contributed by atoms with Gasteiger partial charge in [-0.3, -0.25) is 14.5 Å². The lowest BCUT2D eigenvalue weighted by Gasteiger charge is -2.22. The highest BCUT2D eigenvalue weighted by Crippen LogP contribution is 2.32. The fourth-order valence-electron chi connectivity index (χ4n) is 3.47. The molecule has 32 heavy (non-hydrogen) atoms. The van der Waals surface area contributed by atoms with Crippen LogP contribution in [0.15, 0.2) is 59.5 Å². The molecule has 0 aromatic heterocycles. The predicted octanol–water partition coefficient (Wildman–Crippen LogP) is 4.78. The molecule has 1 N–H and O–H groups in total. The highest BCUT2D eigenvalue weighted by Gasteiger charge is 2.31. The lowest BCUT2D eigenvalue weighted by molar-refractivity contribution is -0.122. The van der Waals surface area contributed by atoms with Crippen molar-refractivity contribution in [2.24, 2.45) is 0 Å². The molecule has 0 unspecified atom stereocenters. The van der Waals surface area contributed by atoms with Crippen LogP contribution in [-0.4, -0.2) is 45.8 Å². The molecule has 0 spiro atoms. The topological polar surface area (TPSA) is 60.9 Å². The van der Waals surface area contributed by atoms with Crippen molar-refractivity contribution in [2.75, 3.05) is 24.6 Å². The second-order valence-electron chi connectivity index (χ2n) is 7.66. The van der Waals surface area contributed by atoms with Gasteiger partial charge in [-0.15, -0.1) is 0 Å². The molecule has 0 aliphatic carbocycles. The normalized spacial score (nSPS) is 14.9. The average molecular weight is 469 g/mol. The zero-order valence-electron chi connectivity index (χ0n) is 18.2. The summed E-state index contributed by atoms with van der Waals surface area (Å²) in [4.78, 5) is 29.3. The van der Waals surface area contributed by atoms with Crippen molar-refractivity contribution >= 4 is 51.9 Å². The molecule has 1 heterocycles. The van der Waals surface area contributed by atoms with Crippen LogP contribution in [0, 0.1) is 6.92 Å². The van der Waals surface area contributed by atoms with Crippen LogP contribution in [0.2, 0.25) is 0 Å². The lowest BCUT2D eigenvalue weighted by atomic mass is 10.1. The number of benzene rings is 2. The molecule has 168 valence electrons. The van der Waals surface area contributed by atoms with E-state index in [1.54, 1.807) is 9.80 Å². The number of aryl methyl sites for hydroxylation is 1. The first-order chi connectivity index (χ1) is 15.5. The Hall–Kier alpha value is -2.48. The molecular weight excluding hydrogens is 440 g/mol. The summed E-state index contributed by atoms with van der Waals surface area (Å²) >= 11 is 6.75. The Balaban J connectivity index is 1.46. The highest BCUT2D eigenvalue weighted by molar-refractivity contribution is 8.26. The second kappa shape index (κ2) is 11.9. The highest BCUT2D eigenvalue weighted by atomic mass is 32.2. The summed E-state index contributed by atoms with van der Waals surface area (Å²) in [5.41, 5.74) is 2.96. The number of unbranched alkanes of at least 4 members (excludes halogenated alkanes) is 2. The Morgan fingerprint density at radius 3 is 2.50 bits per heavy atom. The molecule has 2 aromatic rings. The van der Waals surface area contributed by atoms with Crippen LogP contribution in [0.1, 0.15) is 36.8 Å². The van der Waals surface area contributed by atoms with E-state index in [4.69, 9.17) is 12.2 Å². The maximum absolute atomic E-state index is 12.7. The van der Waals surface area contributed by atoms with Gasteiger partial charge in [-0.05, 0) is 43.5 Å². The molecule has 0 radical (unpaired) electrons. The minimum Gasteiger partial charge on any atom is -0.395 e. The van der Waals surface area contributed by atoms with E-state index in [1.807, 2.05) is 67.6 Å². The SMILES string of the molecule is Cc1ccc(/C=C2\SC(=S)N(CCCCCC(=O)N(CCO)c3ccccc3)C2=O)cc1. The number of aliphatic hydroxyl groups is 1. The van der Waals surface area contributed by atoms with Gasteiger partial charge in [0.25, 0.3) is 5.91 Å². The van der Waals surface area contributed by atoms with E-state index < -0.39 is 0 Å². The van der Waals surface area contributed by atoms with Crippen LogP contribution in [0.5, 0.6) is 0 Å². The summed E-state index contributed by atoms with van der Waals surface area (Å²) in [6.45, 7) is 2.80. The Kier molecular flexibility index (Phi) is 9.02. The molecule has 5 nitrogen and oxygen atoms in total. The van der Waals surface area contributed by atoms with Gasteiger partial charge in [0.15, 0.2) is 0 Å². The zero-order chi connectivity index (χ0) is 22.9. The van der Waals surface area contributed by atoms with Gasteiger partial charge in [0, 0.05) is 25.2 Å². The number of carbonyl (C=O) groups excluding carboxylic acids is 2. The number of nitrogens with zero attached hydrogens (tertiary/aromatic N) is 2. The zero-order valence-corrected chi connectivity index (χ0v) is 19.8. The molecular formula is C25H28N2O3S2. The van der Waals surface area contributed by atoms with E-state index in [0.29, 0.717) is 22.2 Å². The minimum absolute atomic E-state index is 0.00288. The number of para-hydroxylation sites is 1. The summed E-state index contributed by atoms with van der Waals surface area (Å²) in [6.07, 6.45) is 4.61. The van der Waals surface area contributed by atoms with Crippen LogP contribution in [0.3, 0.4) is 0 Å². The Morgan fingerprint density at radius 2 is 1.81 bits per heavy atom. The van der Waals surface area contributed by atoms with Gasteiger partial charge in [0.2, 0.25) is 5.91 Å². The van der Waals surface area contributed by atoms with Crippen LogP contribution < -0.4 is 4.90 Å². The molecule has 3 rings (SSSR count). The minimum atomic E-state index is -0.0781. The number of rotatable bonds is 10. The molecule has 2 amide bonds. The molecule has 0 atom stereocenters. The number of anilines is 1. The summed E-state index contributed by atoms with van der Waals surface area (Å²) in [5, 5.41) is 9.30. The molecule has 0 bridgehead atoms. The number of thioether (sulfide) groups is 1. The molecule has 1 aliphatic heterocycles. The fourth-order valence-corrected chi connectivity index (χ4v) is 4.78. The van der Waals surface area contributed by atoms with Gasteiger partial charge in [-0.25, -0.2) is 0 Å². The Labute approximate surface area is 199 Å². The number of thiocarbonyl (C=S) groups is 1. The number of amides is 2. The third kappa shape index (κ3) is 6.51. The number of hydrogen-bond donors (Lipinski definition) is 1. The van der Waals surface area contributed by atoms with Crippen molar-refractivity contribution in [3.63, 3.8) is 0 Å². The van der Waals surface area contributed by atoms with Gasteiger partial charge < -0.3 is 10.0 Å². The Bertz CT molecular complexity index is 974. The number of hydrogen-bond acceptors (Lipinski definition) is 5. The average Bonchev–Trinajstić information content (AvgIpc) is 3.06. The molecule has 7 heteroatoms. The van der Waals surface area contributed by atoms with E-state index >= 15 is 0 Å². The summed E-state index contributed by atoms with van der Waals surface area (Å²) in [6, 6.07) is 17.4. The van der Waals surface area contributed by atoms with Crippen LogP contribution in [0.4, 0.5) is 5.69 Å². The van der Waals surface area contributed by atoms with Crippen LogP contribution in [0.25, 0.3) is 6.08 Å². The molecule has 0 saturated carbocycles. The van der Waals surface area contributed by atoms with Crippen LogP contribution in [-0.2, 0) is 9.59 Å². The van der Waals surface area contributed by atoms with Crippen molar-refractivity contribution < 1.29 is 14.7 Å². The molecule has 2 aromatic carbocycles. The first kappa shape index (κ1) is 24.2. The van der Waals surface area contributed by atoms with Crippen molar-refractivity contribution in [3.8, 4) is 0 Å². The predicted molar refractivity (Wildman–Crippen MR) is 135 cm³/mol. The van der Waals surface area contributed by atoms with E-state index in [2.05, 4.69) is 0 Å². The van der Waals surface area contributed by atoms with Crippen molar-refractivity contribution in [2.45, 2.75) is 32.6 Å². The number of carbonyl (C=O) groups is 2. The number of aliphatic hydroxyl groups excluding tert-OH is 1. The summed E-state index contributed by atoms with van der Waals surface area (Å²) in [5.74, 6) is -0.0493. The Morgan fingerprint density at radius 1 is 1.09 bits per heavy atom. The van der Waals surface area contributed by atoms with Gasteiger partial charge in [0.1, 0.15) is 4.32 Å². The monoisotopic (exact) mass is 468 g/mol. The van der Waals surface area contributed by atoms with E-state index in [0.717, 1.165) is 30.5 Å². The smallest absolute Gasteiger partial charge is 0.266 e. The maximum Gasteiger partial charge on any atom is 0.266 e. The van der Waals surface area contributed by atoms with Crippen LogP contribution >= 0.6 is 24.0 Å². The van der Waals surface area contributed by atoms with Crippen molar-refractivity contribution in [1.29, 1.82) is 0 Å². The third-order valence-corrected chi connectivity index (χ3v) is 6.59. The maximum atomic E-state index is 12.7. The largest absolute Gasteiger partial charge is 0.395 e. The van der Waals surface area contributed by atoms with Crippen molar-refractivity contribution in [1.82, 2.24) is 4.90 Å². The van der Waals surface area contributed by atoms with E-state index in [-0.39, 0.29) is 25.0 Å². The van der Waals surface area contributed by atoms with Gasteiger partial charge >= 0.3 is 0 Å². The quantitative estimate of drug-likeness (QED) is 0.309. The molecule has 1 aliphatic rings. The first-order valence-corrected chi connectivity index (χ1v) is 12.0. The first-order valence-electron chi connectivity index (χ1n) is 10.8. The van der Waals surface area contributed by atoms with Gasteiger partial charge in [0.05, 0.1) is 11.5 Å². The fraction of sp³-hybridized carbons (Fsp3) is 0.320. The standard InChI is InChI=1S/C25H28N2O3S2/c1-19-11-13-20(14-12-19)18-22-24(30)27(25(31)32-22)15-7-3-6-10-23(29)26(16-17-28)21-8-4-2-5-9-21/h2,4-5,8-9,11-14,18,28H,3,6-7,10,15-17H2,1H3/b22-18-. The lowest BCUT2D eigenvalue weighted by Crippen LogP contribution is -2.33. The summed E-state index contributed by atoms with van der Waals surface area (Å²) in [7, 11) is 0.